The van der Waals surface area contributed by atoms with Crippen LogP contribution in [-0.2, 0) is 20.8 Å². The monoisotopic (exact) mass is 447 g/mol. The average Bonchev–Trinajstić information content (AvgIpc) is 3.15. The molecule has 6 nitrogen and oxygen atoms in total. The lowest BCUT2D eigenvalue weighted by Crippen LogP contribution is -2.48. The molecule has 0 bridgehead atoms. The summed E-state index contributed by atoms with van der Waals surface area (Å²) in [6, 6.07) is 7.66. The highest BCUT2D eigenvalue weighted by Gasteiger charge is 2.39. The van der Waals surface area contributed by atoms with Gasteiger partial charge in [0.25, 0.3) is 0 Å². The van der Waals surface area contributed by atoms with Crippen molar-refractivity contribution in [3.8, 4) is 0 Å². The summed E-state index contributed by atoms with van der Waals surface area (Å²) in [7, 11) is 0. The number of benzene rings is 1. The van der Waals surface area contributed by atoms with Crippen molar-refractivity contribution in [1.82, 2.24) is 15.1 Å². The SMILES string of the molecule is CCN(CC)C(=O)C1CCCN(C(=O)CCC2(Cc3ccc(Cl)cc3)CCC(=O)N2)C1. The Bertz CT molecular complexity index is 794. The van der Waals surface area contributed by atoms with E-state index in [2.05, 4.69) is 5.32 Å². The fraction of sp³-hybridized carbons (Fsp3) is 0.625. The quantitative estimate of drug-likeness (QED) is 0.663. The second-order valence-electron chi connectivity index (χ2n) is 8.82. The molecule has 2 fully saturated rings. The molecular weight excluding hydrogens is 414 g/mol. The highest BCUT2D eigenvalue weighted by atomic mass is 35.5. The molecule has 2 unspecified atom stereocenters. The molecule has 1 N–H and O–H groups in total. The zero-order valence-electron chi connectivity index (χ0n) is 18.7. The molecular formula is C24H34ClN3O3. The summed E-state index contributed by atoms with van der Waals surface area (Å²) in [5, 5.41) is 3.83. The summed E-state index contributed by atoms with van der Waals surface area (Å²) in [6.45, 7) is 6.59. The van der Waals surface area contributed by atoms with Crippen LogP contribution < -0.4 is 5.32 Å². The molecule has 0 saturated carbocycles. The van der Waals surface area contributed by atoms with Crippen LogP contribution in [0.5, 0.6) is 0 Å². The van der Waals surface area contributed by atoms with E-state index in [0.717, 1.165) is 24.8 Å². The topological polar surface area (TPSA) is 69.7 Å². The van der Waals surface area contributed by atoms with Crippen molar-refractivity contribution in [2.75, 3.05) is 26.2 Å². The zero-order valence-corrected chi connectivity index (χ0v) is 19.4. The van der Waals surface area contributed by atoms with Crippen LogP contribution in [-0.4, -0.2) is 59.2 Å². The van der Waals surface area contributed by atoms with Gasteiger partial charge in [-0.2, -0.15) is 0 Å². The molecule has 3 rings (SSSR count). The second-order valence-corrected chi connectivity index (χ2v) is 9.26. The number of likely N-dealkylation sites (tertiary alicyclic amines) is 1. The lowest BCUT2D eigenvalue weighted by atomic mass is 9.84. The number of hydrogen-bond acceptors (Lipinski definition) is 3. The second kappa shape index (κ2) is 10.5. The molecule has 7 heteroatoms. The van der Waals surface area contributed by atoms with Crippen LogP contribution in [0.25, 0.3) is 0 Å². The molecule has 2 saturated heterocycles. The van der Waals surface area contributed by atoms with E-state index in [1.807, 2.05) is 47.9 Å². The van der Waals surface area contributed by atoms with E-state index in [0.29, 0.717) is 56.9 Å². The van der Waals surface area contributed by atoms with Gasteiger partial charge in [-0.1, -0.05) is 23.7 Å². The van der Waals surface area contributed by atoms with Crippen molar-refractivity contribution in [2.24, 2.45) is 5.92 Å². The van der Waals surface area contributed by atoms with E-state index in [4.69, 9.17) is 11.6 Å². The summed E-state index contributed by atoms with van der Waals surface area (Å²) < 4.78 is 0. The van der Waals surface area contributed by atoms with E-state index in [-0.39, 0.29) is 23.6 Å². The summed E-state index contributed by atoms with van der Waals surface area (Å²) >= 11 is 6.00. The number of piperidine rings is 1. The first-order chi connectivity index (χ1) is 14.9. The van der Waals surface area contributed by atoms with Gasteiger partial charge in [-0.05, 0) is 63.6 Å². The van der Waals surface area contributed by atoms with Crippen molar-refractivity contribution in [3.05, 3.63) is 34.9 Å². The maximum Gasteiger partial charge on any atom is 0.227 e. The molecule has 0 radical (unpaired) electrons. The summed E-state index contributed by atoms with van der Waals surface area (Å²) in [5.41, 5.74) is 0.703. The molecule has 31 heavy (non-hydrogen) atoms. The van der Waals surface area contributed by atoms with E-state index >= 15 is 0 Å². The standard InChI is InChI=1S/C24H34ClN3O3/c1-3-27(4-2)23(31)19-6-5-15-28(17-19)22(30)12-14-24(13-11-21(29)26-24)16-18-7-9-20(25)10-8-18/h7-10,19H,3-6,11-17H2,1-2H3,(H,26,29). The van der Waals surface area contributed by atoms with Crippen molar-refractivity contribution >= 4 is 29.3 Å². The maximum atomic E-state index is 13.0. The van der Waals surface area contributed by atoms with Gasteiger partial charge in [-0.25, -0.2) is 0 Å². The molecule has 3 amide bonds. The Kier molecular flexibility index (Phi) is 7.98. The van der Waals surface area contributed by atoms with Gasteiger partial charge in [0.15, 0.2) is 0 Å². The first-order valence-electron chi connectivity index (χ1n) is 11.5. The minimum atomic E-state index is -0.396. The van der Waals surface area contributed by atoms with Crippen LogP contribution in [0, 0.1) is 5.92 Å². The van der Waals surface area contributed by atoms with Crippen LogP contribution in [0.3, 0.4) is 0 Å². The van der Waals surface area contributed by atoms with Crippen molar-refractivity contribution in [3.63, 3.8) is 0 Å². The Balaban J connectivity index is 1.61. The number of halogens is 1. The van der Waals surface area contributed by atoms with Gasteiger partial charge < -0.3 is 15.1 Å². The predicted molar refractivity (Wildman–Crippen MR) is 122 cm³/mol. The molecule has 1 aromatic carbocycles. The number of carbonyl (C=O) groups is 3. The molecule has 2 heterocycles. The van der Waals surface area contributed by atoms with Crippen LogP contribution in [0.2, 0.25) is 5.02 Å². The third-order valence-electron chi connectivity index (χ3n) is 6.71. The Morgan fingerprint density at radius 2 is 1.94 bits per heavy atom. The molecule has 0 aromatic heterocycles. The fourth-order valence-corrected chi connectivity index (χ4v) is 5.00. The Morgan fingerprint density at radius 3 is 2.55 bits per heavy atom. The number of nitrogens with zero attached hydrogens (tertiary/aromatic N) is 2. The molecule has 170 valence electrons. The van der Waals surface area contributed by atoms with Gasteiger partial charge in [0.2, 0.25) is 17.7 Å². The molecule has 2 aliphatic heterocycles. The van der Waals surface area contributed by atoms with Crippen LogP contribution in [0.15, 0.2) is 24.3 Å². The number of rotatable bonds is 8. The van der Waals surface area contributed by atoms with Crippen molar-refractivity contribution in [1.29, 1.82) is 0 Å². The Labute approximate surface area is 190 Å². The van der Waals surface area contributed by atoms with E-state index in [1.165, 1.54) is 0 Å². The molecule has 2 atom stereocenters. The van der Waals surface area contributed by atoms with Gasteiger partial charge in [-0.3, -0.25) is 14.4 Å². The Hall–Kier alpha value is -2.08. The van der Waals surface area contributed by atoms with Gasteiger partial charge in [0, 0.05) is 49.6 Å². The number of hydrogen-bond donors (Lipinski definition) is 1. The third-order valence-corrected chi connectivity index (χ3v) is 6.96. The number of amides is 3. The molecule has 0 aliphatic carbocycles. The van der Waals surface area contributed by atoms with E-state index in [9.17, 15) is 14.4 Å². The number of nitrogens with one attached hydrogen (secondary N) is 1. The summed E-state index contributed by atoms with van der Waals surface area (Å²) in [4.78, 5) is 41.5. The molecule has 0 spiro atoms. The minimum Gasteiger partial charge on any atom is -0.350 e. The Morgan fingerprint density at radius 1 is 1.23 bits per heavy atom. The summed E-state index contributed by atoms with van der Waals surface area (Å²) in [5.74, 6) is 0.175. The fourth-order valence-electron chi connectivity index (χ4n) is 4.88. The highest BCUT2D eigenvalue weighted by molar-refractivity contribution is 6.30. The van der Waals surface area contributed by atoms with Crippen molar-refractivity contribution < 1.29 is 14.4 Å². The van der Waals surface area contributed by atoms with Gasteiger partial charge in [0.05, 0.1) is 5.92 Å². The third kappa shape index (κ3) is 6.00. The first kappa shape index (κ1) is 23.6. The predicted octanol–water partition coefficient (Wildman–Crippen LogP) is 3.42. The number of carbonyl (C=O) groups excluding carboxylic acids is 3. The molecule has 1 aromatic rings. The van der Waals surface area contributed by atoms with Crippen molar-refractivity contribution in [2.45, 2.75) is 64.3 Å². The summed E-state index contributed by atoms with van der Waals surface area (Å²) in [6.07, 6.45) is 4.58. The van der Waals surface area contributed by atoms with Crippen LogP contribution in [0.1, 0.15) is 57.9 Å². The van der Waals surface area contributed by atoms with Gasteiger partial charge >= 0.3 is 0 Å². The zero-order chi connectivity index (χ0) is 22.4. The minimum absolute atomic E-state index is 0.0456. The van der Waals surface area contributed by atoms with E-state index in [1.54, 1.807) is 0 Å². The van der Waals surface area contributed by atoms with Gasteiger partial charge in [-0.15, -0.1) is 0 Å². The van der Waals surface area contributed by atoms with E-state index < -0.39 is 5.54 Å². The molecule has 2 aliphatic rings. The largest absolute Gasteiger partial charge is 0.350 e. The first-order valence-corrected chi connectivity index (χ1v) is 11.9. The lowest BCUT2D eigenvalue weighted by Gasteiger charge is -2.35. The van der Waals surface area contributed by atoms with Gasteiger partial charge in [0.1, 0.15) is 0 Å². The van der Waals surface area contributed by atoms with Crippen LogP contribution >= 0.6 is 11.6 Å². The lowest BCUT2D eigenvalue weighted by molar-refractivity contribution is -0.141. The highest BCUT2D eigenvalue weighted by Crippen LogP contribution is 2.31. The smallest absolute Gasteiger partial charge is 0.227 e. The maximum absolute atomic E-state index is 13.0. The van der Waals surface area contributed by atoms with Crippen LogP contribution in [0.4, 0.5) is 0 Å². The average molecular weight is 448 g/mol. The normalized spacial score (nSPS) is 23.5.